The summed E-state index contributed by atoms with van der Waals surface area (Å²) in [5.41, 5.74) is 0.652. The highest BCUT2D eigenvalue weighted by molar-refractivity contribution is 6.52. The summed E-state index contributed by atoms with van der Waals surface area (Å²) in [6, 6.07) is 5.89. The van der Waals surface area contributed by atoms with E-state index in [0.29, 0.717) is 10.7 Å². The quantitative estimate of drug-likeness (QED) is 0.879. The van der Waals surface area contributed by atoms with Crippen LogP contribution in [0.2, 0.25) is 5.02 Å². The molecule has 1 aliphatic heterocycles. The molecule has 0 radical (unpaired) electrons. The molecule has 0 saturated carbocycles. The van der Waals surface area contributed by atoms with Gasteiger partial charge in [-0.15, -0.1) is 0 Å². The molecule has 21 heavy (non-hydrogen) atoms. The van der Waals surface area contributed by atoms with Crippen molar-refractivity contribution in [2.24, 2.45) is 0 Å². The van der Waals surface area contributed by atoms with Gasteiger partial charge in [-0.05, 0) is 24.3 Å². The van der Waals surface area contributed by atoms with Gasteiger partial charge in [0.25, 0.3) is 11.7 Å². The number of rotatable bonds is 3. The molecule has 1 amide bonds. The van der Waals surface area contributed by atoms with Crippen LogP contribution in [0.15, 0.2) is 34.9 Å². The number of furan rings is 1. The molecule has 0 atom stereocenters. The molecule has 1 aliphatic rings. The summed E-state index contributed by atoms with van der Waals surface area (Å²) in [4.78, 5) is 35.9. The van der Waals surface area contributed by atoms with E-state index in [0.717, 1.165) is 6.26 Å². The maximum atomic E-state index is 12.0. The number of carboxylic acid groups (broad SMARTS) is 1. The molecular weight excluding hydrogens is 298 g/mol. The molecule has 0 bridgehead atoms. The van der Waals surface area contributed by atoms with Gasteiger partial charge in [0.2, 0.25) is 0 Å². The van der Waals surface area contributed by atoms with Crippen LogP contribution >= 0.6 is 11.6 Å². The summed E-state index contributed by atoms with van der Waals surface area (Å²) in [7, 11) is 0. The Kier molecular flexibility index (Phi) is 3.03. The number of amides is 1. The lowest BCUT2D eigenvalue weighted by atomic mass is 10.1. The maximum Gasteiger partial charge on any atom is 0.338 e. The molecule has 3 rings (SSSR count). The standard InChI is InChI=1S/C14H8ClNO5/c15-8-1-2-11-10(4-8)12(17)13(18)16(11)5-9-3-7(6-21-9)14(19)20/h1-4,6H,5H2,(H,19,20). The van der Waals surface area contributed by atoms with E-state index in [1.807, 2.05) is 0 Å². The van der Waals surface area contributed by atoms with Gasteiger partial charge in [-0.25, -0.2) is 4.79 Å². The number of fused-ring (bicyclic) bond motifs is 1. The fourth-order valence-electron chi connectivity index (χ4n) is 2.16. The number of hydrogen-bond donors (Lipinski definition) is 1. The number of carbonyl (C=O) groups excluding carboxylic acids is 2. The minimum Gasteiger partial charge on any atom is -0.478 e. The number of halogens is 1. The highest BCUT2D eigenvalue weighted by atomic mass is 35.5. The van der Waals surface area contributed by atoms with E-state index < -0.39 is 17.7 Å². The van der Waals surface area contributed by atoms with E-state index in [1.54, 1.807) is 12.1 Å². The summed E-state index contributed by atoms with van der Waals surface area (Å²) in [5, 5.41) is 9.20. The molecule has 7 heteroatoms. The van der Waals surface area contributed by atoms with E-state index in [-0.39, 0.29) is 23.4 Å². The summed E-state index contributed by atoms with van der Waals surface area (Å²) in [5.74, 6) is -2.18. The predicted octanol–water partition coefficient (Wildman–Crippen LogP) is 2.36. The molecule has 0 unspecified atom stereocenters. The Hall–Kier alpha value is -2.60. The van der Waals surface area contributed by atoms with Crippen molar-refractivity contribution < 1.29 is 23.9 Å². The van der Waals surface area contributed by atoms with Gasteiger partial charge in [0.05, 0.1) is 23.4 Å². The Morgan fingerprint density at radius 1 is 1.29 bits per heavy atom. The lowest BCUT2D eigenvalue weighted by Crippen LogP contribution is -2.28. The average Bonchev–Trinajstić information content (AvgIpc) is 2.99. The van der Waals surface area contributed by atoms with Gasteiger partial charge < -0.3 is 9.52 Å². The van der Waals surface area contributed by atoms with Gasteiger partial charge in [-0.1, -0.05) is 11.6 Å². The first-order valence-electron chi connectivity index (χ1n) is 5.94. The van der Waals surface area contributed by atoms with Crippen molar-refractivity contribution in [1.82, 2.24) is 0 Å². The number of benzene rings is 1. The van der Waals surface area contributed by atoms with Crippen LogP contribution in [0.25, 0.3) is 0 Å². The lowest BCUT2D eigenvalue weighted by molar-refractivity contribution is -0.114. The predicted molar refractivity (Wildman–Crippen MR) is 72.6 cm³/mol. The minimum absolute atomic E-state index is 0.0145. The van der Waals surface area contributed by atoms with Crippen molar-refractivity contribution in [3.8, 4) is 0 Å². The molecular formula is C14H8ClNO5. The van der Waals surface area contributed by atoms with E-state index in [1.165, 1.54) is 17.0 Å². The second-order valence-corrected chi connectivity index (χ2v) is 4.93. The van der Waals surface area contributed by atoms with Crippen molar-refractivity contribution in [2.75, 3.05) is 4.90 Å². The molecule has 2 heterocycles. The highest BCUT2D eigenvalue weighted by Crippen LogP contribution is 2.32. The molecule has 106 valence electrons. The molecule has 0 spiro atoms. The number of anilines is 1. The topological polar surface area (TPSA) is 87.8 Å². The number of aromatic carboxylic acids is 1. The van der Waals surface area contributed by atoms with Crippen molar-refractivity contribution in [1.29, 1.82) is 0 Å². The molecule has 1 aromatic carbocycles. The Bertz CT molecular complexity index is 779. The molecule has 2 aromatic rings. The summed E-state index contributed by atoms with van der Waals surface area (Å²) >= 11 is 5.82. The molecule has 0 aliphatic carbocycles. The third-order valence-corrected chi connectivity index (χ3v) is 3.38. The zero-order chi connectivity index (χ0) is 15.1. The van der Waals surface area contributed by atoms with Crippen LogP contribution in [0.5, 0.6) is 0 Å². The van der Waals surface area contributed by atoms with Gasteiger partial charge in [-0.3, -0.25) is 14.5 Å². The first kappa shape index (κ1) is 13.4. The molecule has 6 nitrogen and oxygen atoms in total. The number of hydrogen-bond acceptors (Lipinski definition) is 4. The van der Waals surface area contributed by atoms with E-state index in [4.69, 9.17) is 21.1 Å². The molecule has 1 N–H and O–H groups in total. The lowest BCUT2D eigenvalue weighted by Gasteiger charge is -2.14. The van der Waals surface area contributed by atoms with Crippen molar-refractivity contribution in [2.45, 2.75) is 6.54 Å². The Morgan fingerprint density at radius 2 is 2.05 bits per heavy atom. The van der Waals surface area contributed by atoms with E-state index >= 15 is 0 Å². The third kappa shape index (κ3) is 2.19. The second-order valence-electron chi connectivity index (χ2n) is 4.49. The van der Waals surface area contributed by atoms with Crippen LogP contribution in [0.1, 0.15) is 26.5 Å². The van der Waals surface area contributed by atoms with E-state index in [2.05, 4.69) is 0 Å². The number of ketones is 1. The Morgan fingerprint density at radius 3 is 2.71 bits per heavy atom. The van der Waals surface area contributed by atoms with Crippen LogP contribution in [0, 0.1) is 0 Å². The minimum atomic E-state index is -1.12. The highest BCUT2D eigenvalue weighted by Gasteiger charge is 2.36. The fourth-order valence-corrected chi connectivity index (χ4v) is 2.33. The second kappa shape index (κ2) is 4.75. The molecule has 0 saturated heterocycles. The summed E-state index contributed by atoms with van der Waals surface area (Å²) in [6.07, 6.45) is 1.09. The van der Waals surface area contributed by atoms with Crippen molar-refractivity contribution in [3.05, 3.63) is 52.4 Å². The van der Waals surface area contributed by atoms with Crippen LogP contribution in [0.3, 0.4) is 0 Å². The number of Topliss-reactive ketones (excluding diaryl/α,β-unsaturated/α-hetero) is 1. The zero-order valence-electron chi connectivity index (χ0n) is 10.5. The van der Waals surface area contributed by atoms with Gasteiger partial charge in [0.15, 0.2) is 0 Å². The van der Waals surface area contributed by atoms with Gasteiger partial charge in [0.1, 0.15) is 12.0 Å². The zero-order valence-corrected chi connectivity index (χ0v) is 11.3. The summed E-state index contributed by atoms with van der Waals surface area (Å²) in [6.45, 7) is -0.0213. The Balaban J connectivity index is 1.94. The largest absolute Gasteiger partial charge is 0.478 e. The number of carbonyl (C=O) groups is 3. The SMILES string of the molecule is O=C(O)c1coc(CN2C(=O)C(=O)c3cc(Cl)ccc32)c1. The molecule has 0 fully saturated rings. The van der Waals surface area contributed by atoms with Crippen molar-refractivity contribution >= 4 is 34.9 Å². The smallest absolute Gasteiger partial charge is 0.338 e. The van der Waals surface area contributed by atoms with Gasteiger partial charge in [0, 0.05) is 5.02 Å². The van der Waals surface area contributed by atoms with Gasteiger partial charge in [-0.2, -0.15) is 0 Å². The normalized spacial score (nSPS) is 13.7. The van der Waals surface area contributed by atoms with Crippen LogP contribution in [-0.2, 0) is 11.3 Å². The summed E-state index contributed by atoms with van der Waals surface area (Å²) < 4.78 is 5.10. The van der Waals surface area contributed by atoms with Gasteiger partial charge >= 0.3 is 5.97 Å². The number of nitrogens with zero attached hydrogens (tertiary/aromatic N) is 1. The van der Waals surface area contributed by atoms with Crippen LogP contribution < -0.4 is 4.90 Å². The first-order chi connectivity index (χ1) is 9.97. The van der Waals surface area contributed by atoms with Crippen molar-refractivity contribution in [3.63, 3.8) is 0 Å². The first-order valence-corrected chi connectivity index (χ1v) is 6.31. The van der Waals surface area contributed by atoms with E-state index in [9.17, 15) is 14.4 Å². The van der Waals surface area contributed by atoms with Crippen LogP contribution in [-0.4, -0.2) is 22.8 Å². The number of carboxylic acids is 1. The average molecular weight is 306 g/mol. The molecule has 1 aromatic heterocycles. The maximum absolute atomic E-state index is 12.0. The Labute approximate surface area is 123 Å². The van der Waals surface area contributed by atoms with Crippen LogP contribution in [0.4, 0.5) is 5.69 Å². The monoisotopic (exact) mass is 305 g/mol. The third-order valence-electron chi connectivity index (χ3n) is 3.15. The fraction of sp³-hybridized carbons (Fsp3) is 0.0714.